The summed E-state index contributed by atoms with van der Waals surface area (Å²) in [6, 6.07) is 1.00. The van der Waals surface area contributed by atoms with E-state index < -0.39 is 29.4 Å². The van der Waals surface area contributed by atoms with Gasteiger partial charge in [0.25, 0.3) is 0 Å². The molecule has 0 aromatic heterocycles. The fourth-order valence-electron chi connectivity index (χ4n) is 3.61. The molecule has 1 aromatic rings. The molecule has 0 amide bonds. The number of hydrogen-bond donors (Lipinski definition) is 2. The average molecular weight is 347 g/mol. The van der Waals surface area contributed by atoms with Gasteiger partial charge in [0.05, 0.1) is 16.9 Å². The van der Waals surface area contributed by atoms with Crippen molar-refractivity contribution in [3.8, 4) is 0 Å². The number of ketones is 2. The lowest BCUT2D eigenvalue weighted by molar-refractivity contribution is -0.141. The first-order chi connectivity index (χ1) is 12.0. The summed E-state index contributed by atoms with van der Waals surface area (Å²) in [5.74, 6) is -3.83. The molecule has 1 atom stereocenters. The van der Waals surface area contributed by atoms with Gasteiger partial charge in [-0.3, -0.25) is 9.59 Å². The Labute approximate surface area is 143 Å². The largest absolute Gasteiger partial charge is 0.479 e. The highest BCUT2D eigenvalue weighted by atomic mass is 19.1. The van der Waals surface area contributed by atoms with E-state index in [0.29, 0.717) is 24.5 Å². The molecular formula is C17H18FN3O4. The van der Waals surface area contributed by atoms with Crippen molar-refractivity contribution in [3.05, 3.63) is 23.5 Å². The van der Waals surface area contributed by atoms with Gasteiger partial charge in [0.1, 0.15) is 5.82 Å². The number of carbonyl (C=O) groups excluding carboxylic acids is 2. The molecule has 2 aliphatic heterocycles. The Balaban J connectivity index is 1.84. The Bertz CT molecular complexity index is 771. The van der Waals surface area contributed by atoms with Crippen LogP contribution >= 0.6 is 0 Å². The third kappa shape index (κ3) is 2.57. The molecule has 1 aliphatic carbocycles. The van der Waals surface area contributed by atoms with Crippen LogP contribution in [-0.4, -0.2) is 60.9 Å². The third-order valence-electron chi connectivity index (χ3n) is 4.97. The van der Waals surface area contributed by atoms with Gasteiger partial charge in [-0.05, 0) is 25.0 Å². The van der Waals surface area contributed by atoms with Crippen molar-refractivity contribution in [2.75, 3.05) is 36.0 Å². The van der Waals surface area contributed by atoms with Gasteiger partial charge in [-0.2, -0.15) is 0 Å². The van der Waals surface area contributed by atoms with E-state index in [1.54, 1.807) is 0 Å². The van der Waals surface area contributed by atoms with Crippen molar-refractivity contribution in [2.45, 2.75) is 24.9 Å². The summed E-state index contributed by atoms with van der Waals surface area (Å²) in [6.07, 6.45) is 1.51. The molecule has 0 bridgehead atoms. The second-order valence-electron chi connectivity index (χ2n) is 6.63. The number of carbonyl (C=O) groups is 3. The van der Waals surface area contributed by atoms with Gasteiger partial charge in [-0.1, -0.05) is 0 Å². The van der Waals surface area contributed by atoms with Crippen molar-refractivity contribution in [3.63, 3.8) is 0 Å². The first-order valence-corrected chi connectivity index (χ1v) is 8.38. The van der Waals surface area contributed by atoms with Gasteiger partial charge in [-0.15, -0.1) is 0 Å². The lowest BCUT2D eigenvalue weighted by atomic mass is 9.92. The minimum Gasteiger partial charge on any atom is -0.479 e. The molecule has 0 radical (unpaired) electrons. The number of carboxylic acids is 1. The Morgan fingerprint density at radius 2 is 1.84 bits per heavy atom. The highest BCUT2D eigenvalue weighted by Gasteiger charge is 2.49. The highest BCUT2D eigenvalue weighted by Crippen LogP contribution is 2.41. The number of anilines is 2. The predicted molar refractivity (Wildman–Crippen MR) is 87.7 cm³/mol. The van der Waals surface area contributed by atoms with E-state index in [-0.39, 0.29) is 11.6 Å². The summed E-state index contributed by atoms with van der Waals surface area (Å²) in [5, 5.41) is 12.7. The number of nitrogens with zero attached hydrogens (tertiary/aromatic N) is 2. The maximum absolute atomic E-state index is 14.6. The van der Waals surface area contributed by atoms with Crippen molar-refractivity contribution < 1.29 is 23.9 Å². The minimum atomic E-state index is -1.52. The number of hydrogen-bond acceptors (Lipinski definition) is 6. The quantitative estimate of drug-likeness (QED) is 0.605. The van der Waals surface area contributed by atoms with Crippen molar-refractivity contribution in [1.29, 1.82) is 0 Å². The molecule has 25 heavy (non-hydrogen) atoms. The van der Waals surface area contributed by atoms with Gasteiger partial charge in [-0.25, -0.2) is 9.18 Å². The number of benzene rings is 1. The van der Waals surface area contributed by atoms with Crippen LogP contribution < -0.4 is 15.1 Å². The van der Waals surface area contributed by atoms with E-state index in [2.05, 4.69) is 5.32 Å². The van der Waals surface area contributed by atoms with Crippen LogP contribution in [0.25, 0.3) is 0 Å². The van der Waals surface area contributed by atoms with Crippen molar-refractivity contribution >= 4 is 28.9 Å². The Kier molecular flexibility index (Phi) is 3.72. The number of aliphatic carboxylic acids is 1. The van der Waals surface area contributed by atoms with Gasteiger partial charge in [0, 0.05) is 32.2 Å². The number of piperazine rings is 1. The topological polar surface area (TPSA) is 89.9 Å². The molecule has 7 nitrogen and oxygen atoms in total. The molecule has 2 N–H and O–H groups in total. The van der Waals surface area contributed by atoms with Crippen LogP contribution in [0.5, 0.6) is 0 Å². The lowest BCUT2D eigenvalue weighted by Crippen LogP contribution is -2.54. The first-order valence-electron chi connectivity index (χ1n) is 8.38. The van der Waals surface area contributed by atoms with Crippen LogP contribution in [0.2, 0.25) is 0 Å². The number of halogens is 1. The van der Waals surface area contributed by atoms with Crippen LogP contribution in [0.3, 0.4) is 0 Å². The summed E-state index contributed by atoms with van der Waals surface area (Å²) in [6.45, 7) is 2.68. The maximum atomic E-state index is 14.6. The number of nitrogens with one attached hydrogen (secondary N) is 1. The minimum absolute atomic E-state index is 0.0363. The van der Waals surface area contributed by atoms with Crippen LogP contribution in [0, 0.1) is 5.82 Å². The molecule has 4 rings (SSSR count). The normalized spacial score (nSPS) is 23.6. The molecule has 8 heteroatoms. The zero-order valence-corrected chi connectivity index (χ0v) is 13.5. The van der Waals surface area contributed by atoms with Crippen molar-refractivity contribution in [1.82, 2.24) is 5.32 Å². The average Bonchev–Trinajstić information content (AvgIpc) is 3.43. The molecule has 1 saturated heterocycles. The van der Waals surface area contributed by atoms with E-state index in [1.165, 1.54) is 11.0 Å². The first kappa shape index (κ1) is 16.0. The molecule has 0 spiro atoms. The number of fused-ring (bicyclic) bond motifs is 1. The second-order valence-corrected chi connectivity index (χ2v) is 6.63. The van der Waals surface area contributed by atoms with Crippen LogP contribution in [0.1, 0.15) is 23.2 Å². The smallest absolute Gasteiger partial charge is 0.334 e. The SMILES string of the molecule is O=C1C(=O)C(C(=O)O)N(C2CC2)c2cc(N3CCNCC3)c(F)cc21. The lowest BCUT2D eigenvalue weighted by Gasteiger charge is -2.37. The molecule has 1 aromatic carbocycles. The van der Waals surface area contributed by atoms with Crippen molar-refractivity contribution in [2.24, 2.45) is 0 Å². The van der Waals surface area contributed by atoms with Crippen LogP contribution in [0.4, 0.5) is 15.8 Å². The van der Waals surface area contributed by atoms with Crippen LogP contribution in [-0.2, 0) is 9.59 Å². The zero-order chi connectivity index (χ0) is 17.7. The van der Waals surface area contributed by atoms with E-state index >= 15 is 0 Å². The standard InChI is InChI=1S/C17H18FN3O4/c18-11-7-10-12(8-13(11)20-5-3-19-4-6-20)21(9-1-2-9)14(17(24)25)16(23)15(10)22/h7-9,14,19H,1-6H2,(H,24,25). The molecule has 3 aliphatic rings. The maximum Gasteiger partial charge on any atom is 0.334 e. The van der Waals surface area contributed by atoms with Gasteiger partial charge in [0.15, 0.2) is 6.04 Å². The molecule has 132 valence electrons. The monoisotopic (exact) mass is 347 g/mol. The molecule has 1 unspecified atom stereocenters. The van der Waals surface area contributed by atoms with E-state index in [4.69, 9.17) is 0 Å². The summed E-state index contributed by atoms with van der Waals surface area (Å²) in [4.78, 5) is 39.6. The van der Waals surface area contributed by atoms with E-state index in [0.717, 1.165) is 32.0 Å². The van der Waals surface area contributed by atoms with Crippen LogP contribution in [0.15, 0.2) is 12.1 Å². The molecule has 2 fully saturated rings. The highest BCUT2D eigenvalue weighted by molar-refractivity contribution is 6.51. The summed E-state index contributed by atoms with van der Waals surface area (Å²) >= 11 is 0. The summed E-state index contributed by atoms with van der Waals surface area (Å²) < 4.78 is 14.6. The van der Waals surface area contributed by atoms with Gasteiger partial charge in [0.2, 0.25) is 11.6 Å². The molecular weight excluding hydrogens is 329 g/mol. The van der Waals surface area contributed by atoms with Gasteiger partial charge < -0.3 is 20.2 Å². The predicted octanol–water partition coefficient (Wildman–Crippen LogP) is 0.423. The van der Waals surface area contributed by atoms with E-state index in [9.17, 15) is 23.9 Å². The molecule has 2 heterocycles. The van der Waals surface area contributed by atoms with E-state index in [1.807, 2.05) is 4.90 Å². The Hall–Kier alpha value is -2.48. The molecule has 1 saturated carbocycles. The third-order valence-corrected chi connectivity index (χ3v) is 4.97. The summed E-state index contributed by atoms with van der Waals surface area (Å²) in [7, 11) is 0. The fraction of sp³-hybridized carbons (Fsp3) is 0.471. The number of rotatable bonds is 3. The summed E-state index contributed by atoms with van der Waals surface area (Å²) in [5.41, 5.74) is 0.664. The second kappa shape index (κ2) is 5.80. The fourth-order valence-corrected chi connectivity index (χ4v) is 3.61. The number of Topliss-reactive ketones (excluding diaryl/α,β-unsaturated/α-hetero) is 2. The Morgan fingerprint density at radius 3 is 2.44 bits per heavy atom. The van der Waals surface area contributed by atoms with Gasteiger partial charge >= 0.3 is 5.97 Å². The number of carboxylic acid groups (broad SMARTS) is 1. The zero-order valence-electron chi connectivity index (χ0n) is 13.5. The Morgan fingerprint density at radius 1 is 1.16 bits per heavy atom.